The number of carbonyl (C=O) groups excluding carboxylic acids is 1. The van der Waals surface area contributed by atoms with Gasteiger partial charge in [0.1, 0.15) is 18.3 Å². The predicted octanol–water partition coefficient (Wildman–Crippen LogP) is 4.64. The van der Waals surface area contributed by atoms with E-state index in [1.54, 1.807) is 6.92 Å². The largest absolute Gasteiger partial charge is 0.454 e. The zero-order chi connectivity index (χ0) is 24.3. The first-order valence-corrected chi connectivity index (χ1v) is 13.5. The molecule has 1 unspecified atom stereocenters. The Kier molecular flexibility index (Phi) is 18.0. The summed E-state index contributed by atoms with van der Waals surface area (Å²) in [4.78, 5) is 12.2. The fraction of sp³-hybridized carbons (Fsp3) is 0.962. The smallest absolute Gasteiger partial charge is 0.306 e. The van der Waals surface area contributed by atoms with Crippen LogP contribution in [0, 0.1) is 0 Å². The zero-order valence-electron chi connectivity index (χ0n) is 21.1. The van der Waals surface area contributed by atoms with E-state index >= 15 is 0 Å². The first-order chi connectivity index (χ1) is 16.0. The van der Waals surface area contributed by atoms with E-state index in [0.717, 1.165) is 19.3 Å². The molecule has 1 aliphatic heterocycles. The third-order valence-electron chi connectivity index (χ3n) is 6.41. The van der Waals surface area contributed by atoms with Gasteiger partial charge in [-0.3, -0.25) is 4.79 Å². The van der Waals surface area contributed by atoms with Crippen LogP contribution in [-0.2, 0) is 19.0 Å². The second-order valence-electron chi connectivity index (χ2n) is 9.32. The standard InChI is InChI=1S/C26H50O7/c1-3-5-6-7-8-9-10-11-12-13-14-15-16-17-18-19-22(28)33-25-24(30)23(29)21(20-27)32-26(25)31-4-2/h21,23-27,29-30H,3-20H2,1-2H3/t21-,23-,24+,25-,26?/m1/s1. The number of rotatable bonds is 20. The lowest BCUT2D eigenvalue weighted by Gasteiger charge is -2.41. The van der Waals surface area contributed by atoms with Gasteiger partial charge in [0, 0.05) is 13.0 Å². The highest BCUT2D eigenvalue weighted by Gasteiger charge is 2.46. The van der Waals surface area contributed by atoms with E-state index in [4.69, 9.17) is 14.2 Å². The molecular formula is C26H50O7. The minimum Gasteiger partial charge on any atom is -0.454 e. The van der Waals surface area contributed by atoms with Crippen molar-refractivity contribution in [3.63, 3.8) is 0 Å². The average molecular weight is 475 g/mol. The SMILES string of the molecule is CCCCCCCCCCCCCCCCCC(=O)O[C@H]1C(OCC)O[C@H](CO)[C@@H](O)[C@@H]1O. The van der Waals surface area contributed by atoms with Crippen LogP contribution in [0.25, 0.3) is 0 Å². The van der Waals surface area contributed by atoms with Gasteiger partial charge in [0.2, 0.25) is 0 Å². The number of hydrogen-bond donors (Lipinski definition) is 3. The monoisotopic (exact) mass is 474 g/mol. The summed E-state index contributed by atoms with van der Waals surface area (Å²) in [7, 11) is 0. The van der Waals surface area contributed by atoms with Crippen LogP contribution < -0.4 is 0 Å². The highest BCUT2D eigenvalue weighted by Crippen LogP contribution is 2.25. The summed E-state index contributed by atoms with van der Waals surface area (Å²) in [6.45, 7) is 3.84. The van der Waals surface area contributed by atoms with Crippen LogP contribution in [-0.4, -0.2) is 65.2 Å². The summed E-state index contributed by atoms with van der Waals surface area (Å²) in [5, 5.41) is 29.6. The molecule has 5 atom stereocenters. The first kappa shape index (κ1) is 30.3. The van der Waals surface area contributed by atoms with Gasteiger partial charge in [-0.05, 0) is 13.3 Å². The molecule has 7 heteroatoms. The van der Waals surface area contributed by atoms with Gasteiger partial charge in [-0.1, -0.05) is 96.8 Å². The highest BCUT2D eigenvalue weighted by atomic mass is 16.7. The van der Waals surface area contributed by atoms with Crippen molar-refractivity contribution in [3.05, 3.63) is 0 Å². The van der Waals surface area contributed by atoms with Crippen LogP contribution in [0.3, 0.4) is 0 Å². The lowest BCUT2D eigenvalue weighted by molar-refractivity contribution is -0.303. The van der Waals surface area contributed by atoms with Crippen LogP contribution in [0.15, 0.2) is 0 Å². The van der Waals surface area contributed by atoms with Crippen molar-refractivity contribution < 1.29 is 34.3 Å². The Hall–Kier alpha value is -0.730. The Morgan fingerprint density at radius 3 is 1.70 bits per heavy atom. The van der Waals surface area contributed by atoms with Gasteiger partial charge in [-0.2, -0.15) is 0 Å². The van der Waals surface area contributed by atoms with E-state index in [1.165, 1.54) is 77.0 Å². The minimum absolute atomic E-state index is 0.264. The topological polar surface area (TPSA) is 105 Å². The van der Waals surface area contributed by atoms with Crippen molar-refractivity contribution in [1.82, 2.24) is 0 Å². The van der Waals surface area contributed by atoms with Gasteiger partial charge in [0.15, 0.2) is 12.4 Å². The number of unbranched alkanes of at least 4 members (excludes halogenated alkanes) is 14. The van der Waals surface area contributed by atoms with Crippen LogP contribution in [0.2, 0.25) is 0 Å². The maximum absolute atomic E-state index is 12.2. The van der Waals surface area contributed by atoms with Crippen molar-refractivity contribution in [2.45, 2.75) is 147 Å². The molecule has 3 N–H and O–H groups in total. The number of hydrogen-bond acceptors (Lipinski definition) is 7. The summed E-state index contributed by atoms with van der Waals surface area (Å²) >= 11 is 0. The minimum atomic E-state index is -1.36. The molecule has 196 valence electrons. The molecule has 0 aromatic rings. The second kappa shape index (κ2) is 19.6. The van der Waals surface area contributed by atoms with Crippen LogP contribution in [0.5, 0.6) is 0 Å². The summed E-state index contributed by atoms with van der Waals surface area (Å²) < 4.78 is 16.2. The maximum Gasteiger partial charge on any atom is 0.306 e. The van der Waals surface area contributed by atoms with Gasteiger partial charge in [0.25, 0.3) is 0 Å². The van der Waals surface area contributed by atoms with Gasteiger partial charge in [0.05, 0.1) is 6.61 Å². The number of aliphatic hydroxyl groups excluding tert-OH is 3. The van der Waals surface area contributed by atoms with E-state index in [-0.39, 0.29) is 6.42 Å². The van der Waals surface area contributed by atoms with Crippen LogP contribution in [0.1, 0.15) is 117 Å². The fourth-order valence-electron chi connectivity index (χ4n) is 4.33. The number of ether oxygens (including phenoxy) is 3. The summed E-state index contributed by atoms with van der Waals surface area (Å²) in [6.07, 6.45) is 13.4. The van der Waals surface area contributed by atoms with E-state index in [1.807, 2.05) is 0 Å². The molecule has 33 heavy (non-hydrogen) atoms. The molecule has 0 bridgehead atoms. The van der Waals surface area contributed by atoms with E-state index in [0.29, 0.717) is 6.61 Å². The van der Waals surface area contributed by atoms with Crippen molar-refractivity contribution >= 4 is 5.97 Å². The van der Waals surface area contributed by atoms with Crippen molar-refractivity contribution in [2.75, 3.05) is 13.2 Å². The number of carbonyl (C=O) groups is 1. The van der Waals surface area contributed by atoms with Crippen LogP contribution >= 0.6 is 0 Å². The molecule has 1 rings (SSSR count). The number of aliphatic hydroxyl groups is 3. The fourth-order valence-corrected chi connectivity index (χ4v) is 4.33. The zero-order valence-corrected chi connectivity index (χ0v) is 21.1. The van der Waals surface area contributed by atoms with Gasteiger partial charge >= 0.3 is 5.97 Å². The lowest BCUT2D eigenvalue weighted by atomic mass is 9.99. The Morgan fingerprint density at radius 2 is 1.24 bits per heavy atom. The Balaban J connectivity index is 2.05. The Bertz CT molecular complexity index is 474. The van der Waals surface area contributed by atoms with Crippen molar-refractivity contribution in [2.24, 2.45) is 0 Å². The second-order valence-corrected chi connectivity index (χ2v) is 9.32. The molecule has 1 saturated heterocycles. The Morgan fingerprint density at radius 1 is 0.758 bits per heavy atom. The molecule has 0 amide bonds. The lowest BCUT2D eigenvalue weighted by Crippen LogP contribution is -2.60. The van der Waals surface area contributed by atoms with Crippen LogP contribution in [0.4, 0.5) is 0 Å². The number of esters is 1. The molecule has 1 heterocycles. The molecular weight excluding hydrogens is 424 g/mol. The summed E-state index contributed by atoms with van der Waals surface area (Å²) in [5.41, 5.74) is 0. The van der Waals surface area contributed by atoms with E-state index < -0.39 is 43.3 Å². The molecule has 0 aromatic carbocycles. The quantitative estimate of drug-likeness (QED) is 0.174. The third kappa shape index (κ3) is 13.1. The van der Waals surface area contributed by atoms with Crippen molar-refractivity contribution in [1.29, 1.82) is 0 Å². The highest BCUT2D eigenvalue weighted by molar-refractivity contribution is 5.69. The molecule has 0 saturated carbocycles. The van der Waals surface area contributed by atoms with E-state index in [9.17, 15) is 20.1 Å². The molecule has 0 radical (unpaired) electrons. The average Bonchev–Trinajstić information content (AvgIpc) is 2.81. The molecule has 7 nitrogen and oxygen atoms in total. The van der Waals surface area contributed by atoms with Gasteiger partial charge < -0.3 is 29.5 Å². The van der Waals surface area contributed by atoms with E-state index in [2.05, 4.69) is 6.92 Å². The van der Waals surface area contributed by atoms with Crippen molar-refractivity contribution in [3.8, 4) is 0 Å². The first-order valence-electron chi connectivity index (χ1n) is 13.5. The molecule has 0 aliphatic carbocycles. The molecule has 1 aliphatic rings. The maximum atomic E-state index is 12.2. The summed E-state index contributed by atoms with van der Waals surface area (Å²) in [5.74, 6) is -0.434. The normalized spacial score (nSPS) is 25.3. The third-order valence-corrected chi connectivity index (χ3v) is 6.41. The van der Waals surface area contributed by atoms with Gasteiger partial charge in [-0.25, -0.2) is 0 Å². The summed E-state index contributed by atoms with van der Waals surface area (Å²) in [6, 6.07) is 0. The Labute approximate surface area is 201 Å². The predicted molar refractivity (Wildman–Crippen MR) is 129 cm³/mol. The molecule has 0 aromatic heterocycles. The molecule has 0 spiro atoms. The van der Waals surface area contributed by atoms with Gasteiger partial charge in [-0.15, -0.1) is 0 Å². The molecule has 1 fully saturated rings.